The molecule has 0 aromatic carbocycles. The Bertz CT molecular complexity index is 304. The van der Waals surface area contributed by atoms with E-state index in [9.17, 15) is 5.11 Å². The van der Waals surface area contributed by atoms with Gasteiger partial charge in [-0.1, -0.05) is 0 Å². The number of aliphatic hydroxyl groups is 1. The van der Waals surface area contributed by atoms with Crippen LogP contribution in [0.25, 0.3) is 0 Å². The normalized spacial score (nSPS) is 21.5. The van der Waals surface area contributed by atoms with E-state index in [1.807, 2.05) is 5.38 Å². The van der Waals surface area contributed by atoms with Crippen LogP contribution in [-0.2, 0) is 5.60 Å². The fourth-order valence-corrected chi connectivity index (χ4v) is 2.28. The fraction of sp³-hybridized carbons (Fsp3) is 0.667. The second-order valence-corrected chi connectivity index (χ2v) is 4.71. The molecule has 1 aliphatic carbocycles. The topological polar surface area (TPSA) is 59.1 Å². The first-order valence-corrected chi connectivity index (χ1v) is 5.40. The summed E-state index contributed by atoms with van der Waals surface area (Å²) in [5.74, 6) is 0.660. The highest BCUT2D eigenvalue weighted by atomic mass is 32.1. The molecular formula is C9H14N2OS. The summed E-state index contributed by atoms with van der Waals surface area (Å²) in [6, 6.07) is 0. The van der Waals surface area contributed by atoms with Gasteiger partial charge in [-0.3, -0.25) is 0 Å². The van der Waals surface area contributed by atoms with E-state index in [2.05, 4.69) is 4.98 Å². The van der Waals surface area contributed by atoms with Gasteiger partial charge in [-0.25, -0.2) is 4.98 Å². The van der Waals surface area contributed by atoms with Crippen molar-refractivity contribution in [3.8, 4) is 0 Å². The molecule has 0 spiro atoms. The van der Waals surface area contributed by atoms with Crippen LogP contribution >= 0.6 is 11.3 Å². The van der Waals surface area contributed by atoms with Gasteiger partial charge in [0, 0.05) is 17.8 Å². The Morgan fingerprint density at radius 2 is 2.46 bits per heavy atom. The number of nitrogens with two attached hydrogens (primary N) is 1. The molecule has 1 unspecified atom stereocenters. The predicted molar refractivity (Wildman–Crippen MR) is 52.7 cm³/mol. The van der Waals surface area contributed by atoms with Crippen molar-refractivity contribution in [2.24, 2.45) is 5.73 Å². The summed E-state index contributed by atoms with van der Waals surface area (Å²) < 4.78 is 0. The molecule has 2 rings (SSSR count). The minimum Gasteiger partial charge on any atom is -0.382 e. The molecule has 0 amide bonds. The Morgan fingerprint density at radius 3 is 3.00 bits per heavy atom. The number of aromatic nitrogens is 1. The van der Waals surface area contributed by atoms with Gasteiger partial charge in [0.05, 0.1) is 10.7 Å². The maximum Gasteiger partial charge on any atom is 0.117 e. The molecule has 3 nitrogen and oxygen atoms in total. The van der Waals surface area contributed by atoms with E-state index < -0.39 is 5.60 Å². The first-order chi connectivity index (χ1) is 6.13. The SMILES string of the molecule is CC(O)(CN)c1csc(C2CC2)n1. The molecule has 0 radical (unpaired) electrons. The number of thiazole rings is 1. The highest BCUT2D eigenvalue weighted by Gasteiger charge is 2.30. The minimum atomic E-state index is -0.955. The molecule has 1 saturated carbocycles. The Morgan fingerprint density at radius 1 is 1.77 bits per heavy atom. The van der Waals surface area contributed by atoms with Crippen molar-refractivity contribution < 1.29 is 5.11 Å². The Balaban J connectivity index is 2.20. The lowest BCUT2D eigenvalue weighted by Crippen LogP contribution is -2.31. The lowest BCUT2D eigenvalue weighted by Gasteiger charge is -2.17. The van der Waals surface area contributed by atoms with Crippen LogP contribution < -0.4 is 5.73 Å². The van der Waals surface area contributed by atoms with Crippen molar-refractivity contribution in [3.05, 3.63) is 16.1 Å². The van der Waals surface area contributed by atoms with Gasteiger partial charge < -0.3 is 10.8 Å². The van der Waals surface area contributed by atoms with E-state index in [-0.39, 0.29) is 6.54 Å². The summed E-state index contributed by atoms with van der Waals surface area (Å²) in [5, 5.41) is 12.9. The third kappa shape index (κ3) is 1.75. The van der Waals surface area contributed by atoms with Crippen LogP contribution in [0.15, 0.2) is 5.38 Å². The molecule has 4 heteroatoms. The average Bonchev–Trinajstić information content (AvgIpc) is 2.83. The van der Waals surface area contributed by atoms with E-state index in [1.54, 1.807) is 18.3 Å². The molecule has 1 fully saturated rings. The molecule has 0 bridgehead atoms. The van der Waals surface area contributed by atoms with Crippen LogP contribution in [0.1, 0.15) is 36.4 Å². The summed E-state index contributed by atoms with van der Waals surface area (Å²) in [4.78, 5) is 4.40. The second kappa shape index (κ2) is 3.04. The Labute approximate surface area is 81.6 Å². The van der Waals surface area contributed by atoms with Gasteiger partial charge >= 0.3 is 0 Å². The largest absolute Gasteiger partial charge is 0.382 e. The quantitative estimate of drug-likeness (QED) is 0.767. The van der Waals surface area contributed by atoms with E-state index in [0.29, 0.717) is 5.92 Å². The number of hydrogen-bond acceptors (Lipinski definition) is 4. The zero-order valence-electron chi connectivity index (χ0n) is 7.66. The van der Waals surface area contributed by atoms with Gasteiger partial charge in [-0.05, 0) is 19.8 Å². The van der Waals surface area contributed by atoms with Crippen molar-refractivity contribution in [2.75, 3.05) is 6.54 Å². The summed E-state index contributed by atoms with van der Waals surface area (Å²) in [7, 11) is 0. The summed E-state index contributed by atoms with van der Waals surface area (Å²) in [6.45, 7) is 1.93. The summed E-state index contributed by atoms with van der Waals surface area (Å²) in [5.41, 5.74) is 5.22. The first-order valence-electron chi connectivity index (χ1n) is 4.52. The van der Waals surface area contributed by atoms with Crippen LogP contribution in [0.5, 0.6) is 0 Å². The van der Waals surface area contributed by atoms with E-state index in [1.165, 1.54) is 12.8 Å². The minimum absolute atomic E-state index is 0.223. The molecule has 0 saturated heterocycles. The predicted octanol–water partition coefficient (Wildman–Crippen LogP) is 1.19. The van der Waals surface area contributed by atoms with Crippen molar-refractivity contribution in [1.29, 1.82) is 0 Å². The van der Waals surface area contributed by atoms with E-state index in [0.717, 1.165) is 10.7 Å². The monoisotopic (exact) mass is 198 g/mol. The van der Waals surface area contributed by atoms with Crippen LogP contribution in [0, 0.1) is 0 Å². The molecule has 1 atom stereocenters. The second-order valence-electron chi connectivity index (χ2n) is 3.82. The molecular weight excluding hydrogens is 184 g/mol. The van der Waals surface area contributed by atoms with Crippen molar-refractivity contribution in [1.82, 2.24) is 4.98 Å². The molecule has 3 N–H and O–H groups in total. The molecule has 1 aromatic heterocycles. The third-order valence-electron chi connectivity index (χ3n) is 2.40. The maximum atomic E-state index is 9.83. The smallest absolute Gasteiger partial charge is 0.117 e. The Kier molecular flexibility index (Phi) is 2.14. The van der Waals surface area contributed by atoms with Gasteiger partial charge in [-0.2, -0.15) is 0 Å². The third-order valence-corrected chi connectivity index (χ3v) is 3.41. The van der Waals surface area contributed by atoms with Crippen LogP contribution in [0.4, 0.5) is 0 Å². The average molecular weight is 198 g/mol. The zero-order valence-corrected chi connectivity index (χ0v) is 8.47. The lowest BCUT2D eigenvalue weighted by molar-refractivity contribution is 0.0627. The first kappa shape index (κ1) is 9.12. The van der Waals surface area contributed by atoms with Crippen LogP contribution in [0.2, 0.25) is 0 Å². The number of rotatable bonds is 3. The van der Waals surface area contributed by atoms with E-state index >= 15 is 0 Å². The van der Waals surface area contributed by atoms with E-state index in [4.69, 9.17) is 5.73 Å². The van der Waals surface area contributed by atoms with Crippen molar-refractivity contribution in [3.63, 3.8) is 0 Å². The molecule has 1 heterocycles. The van der Waals surface area contributed by atoms with Gasteiger partial charge in [0.2, 0.25) is 0 Å². The molecule has 1 aliphatic rings. The van der Waals surface area contributed by atoms with Crippen molar-refractivity contribution in [2.45, 2.75) is 31.3 Å². The zero-order chi connectivity index (χ0) is 9.47. The highest BCUT2D eigenvalue weighted by molar-refractivity contribution is 7.09. The molecule has 1 aromatic rings. The summed E-state index contributed by atoms with van der Waals surface area (Å²) in [6.07, 6.45) is 2.50. The highest BCUT2D eigenvalue weighted by Crippen LogP contribution is 2.42. The van der Waals surface area contributed by atoms with Crippen LogP contribution in [-0.4, -0.2) is 16.6 Å². The van der Waals surface area contributed by atoms with Gasteiger partial charge in [0.1, 0.15) is 5.60 Å². The number of nitrogens with zero attached hydrogens (tertiary/aromatic N) is 1. The van der Waals surface area contributed by atoms with Gasteiger partial charge in [0.15, 0.2) is 0 Å². The summed E-state index contributed by atoms with van der Waals surface area (Å²) >= 11 is 1.64. The fourth-order valence-electron chi connectivity index (χ4n) is 1.16. The Hall–Kier alpha value is -0.450. The molecule has 72 valence electrons. The maximum absolute atomic E-state index is 9.83. The van der Waals surface area contributed by atoms with Crippen LogP contribution in [0.3, 0.4) is 0 Å². The molecule has 13 heavy (non-hydrogen) atoms. The van der Waals surface area contributed by atoms with Gasteiger partial charge in [-0.15, -0.1) is 11.3 Å². The molecule has 0 aliphatic heterocycles. The standard InChI is InChI=1S/C9H14N2OS/c1-9(12,5-10)7-4-13-8(11-7)6-2-3-6/h4,6,12H,2-3,5,10H2,1H3. The van der Waals surface area contributed by atoms with Crippen molar-refractivity contribution >= 4 is 11.3 Å². The number of hydrogen-bond donors (Lipinski definition) is 2. The van der Waals surface area contributed by atoms with Gasteiger partial charge in [0.25, 0.3) is 0 Å². The lowest BCUT2D eigenvalue weighted by atomic mass is 10.0.